The summed E-state index contributed by atoms with van der Waals surface area (Å²) in [6, 6.07) is 16.9. The van der Waals surface area contributed by atoms with Crippen molar-refractivity contribution in [1.82, 2.24) is 6.15 Å². The standard InChI is InChI=1S/C13H10O.C5H12N2O2.C4H4O3.H3N/c14-10-11-6-8-13(9-7-11)12-4-2-1-3-5-12;6-3-1-2-4(7)5(8)9;5-3-1-2-4(6)7-3;/h1-10H;4H,1-3,6-7H2,(H,8,9);1-2H2;1H3/t;4-;;/m.0../s1. The van der Waals surface area contributed by atoms with E-state index in [1.807, 2.05) is 42.5 Å². The third kappa shape index (κ3) is 11.4. The van der Waals surface area contributed by atoms with Crippen molar-refractivity contribution in [2.75, 3.05) is 6.54 Å². The summed E-state index contributed by atoms with van der Waals surface area (Å²) in [5.41, 5.74) is 13.3. The quantitative estimate of drug-likeness (QED) is 0.302. The number of hydrogen-bond acceptors (Lipinski definition) is 8. The number of carbonyl (C=O) groups is 4. The highest BCUT2D eigenvalue weighted by molar-refractivity contribution is 5.92. The fourth-order valence-corrected chi connectivity index (χ4v) is 2.28. The Labute approximate surface area is 181 Å². The second-order valence-electron chi connectivity index (χ2n) is 6.33. The largest absolute Gasteiger partial charge is 0.480 e. The first kappa shape index (κ1) is 27.6. The fourth-order valence-electron chi connectivity index (χ4n) is 2.28. The van der Waals surface area contributed by atoms with E-state index in [1.54, 1.807) is 0 Å². The molecule has 0 aromatic heterocycles. The lowest BCUT2D eigenvalue weighted by Crippen LogP contribution is -2.30. The Kier molecular flexibility index (Phi) is 13.7. The zero-order valence-electron chi connectivity index (χ0n) is 17.2. The minimum absolute atomic E-state index is 0. The molecule has 0 unspecified atom stereocenters. The minimum atomic E-state index is -0.955. The highest BCUT2D eigenvalue weighted by Gasteiger charge is 2.19. The minimum Gasteiger partial charge on any atom is -0.480 e. The van der Waals surface area contributed by atoms with E-state index in [9.17, 15) is 19.2 Å². The summed E-state index contributed by atoms with van der Waals surface area (Å²) in [7, 11) is 0. The average Bonchev–Trinajstić information content (AvgIpc) is 3.16. The summed E-state index contributed by atoms with van der Waals surface area (Å²) in [6.07, 6.45) is 2.52. The molecule has 9 nitrogen and oxygen atoms in total. The molecule has 1 aliphatic heterocycles. The number of carbonyl (C=O) groups excluding carboxylic acids is 3. The number of ether oxygens (including phenoxy) is 1. The molecule has 0 amide bonds. The van der Waals surface area contributed by atoms with E-state index >= 15 is 0 Å². The van der Waals surface area contributed by atoms with Gasteiger partial charge in [-0.1, -0.05) is 54.6 Å². The topological polar surface area (TPSA) is 185 Å². The van der Waals surface area contributed by atoms with Gasteiger partial charge in [-0.05, 0) is 30.5 Å². The molecule has 1 fully saturated rings. The summed E-state index contributed by atoms with van der Waals surface area (Å²) in [6.45, 7) is 0.501. The molecule has 31 heavy (non-hydrogen) atoms. The number of benzene rings is 2. The van der Waals surface area contributed by atoms with Crippen LogP contribution in [0.15, 0.2) is 54.6 Å². The van der Waals surface area contributed by atoms with Crippen LogP contribution in [0.2, 0.25) is 0 Å². The van der Waals surface area contributed by atoms with Gasteiger partial charge in [-0.25, -0.2) is 0 Å². The Bertz CT molecular complexity index is 811. The van der Waals surface area contributed by atoms with E-state index in [4.69, 9.17) is 16.6 Å². The van der Waals surface area contributed by atoms with Crippen LogP contribution >= 0.6 is 0 Å². The van der Waals surface area contributed by atoms with Gasteiger partial charge in [0.05, 0.1) is 12.8 Å². The fraction of sp³-hybridized carbons (Fsp3) is 0.273. The SMILES string of the molecule is N.NCCC[C@H](N)C(=O)O.O=C1CCC(=O)O1.O=Cc1ccc(-c2ccccc2)cc1. The maximum absolute atomic E-state index is 10.5. The van der Waals surface area contributed by atoms with Gasteiger partial charge < -0.3 is 27.5 Å². The highest BCUT2D eigenvalue weighted by Crippen LogP contribution is 2.18. The zero-order valence-corrected chi connectivity index (χ0v) is 17.2. The summed E-state index contributed by atoms with van der Waals surface area (Å²) >= 11 is 0. The molecule has 2 aromatic rings. The number of rotatable bonds is 6. The Morgan fingerprint density at radius 1 is 1.00 bits per heavy atom. The van der Waals surface area contributed by atoms with E-state index < -0.39 is 23.9 Å². The molecule has 1 aliphatic rings. The maximum Gasteiger partial charge on any atom is 0.320 e. The molecular formula is C22H29N3O6. The van der Waals surface area contributed by atoms with Gasteiger partial charge in [-0.3, -0.25) is 19.2 Å². The zero-order chi connectivity index (χ0) is 22.4. The molecule has 0 radical (unpaired) electrons. The first-order chi connectivity index (χ1) is 14.4. The number of carboxylic acids is 1. The lowest BCUT2D eigenvalue weighted by Gasteiger charge is -2.02. The van der Waals surface area contributed by atoms with Crippen LogP contribution < -0.4 is 17.6 Å². The van der Waals surface area contributed by atoms with Crippen LogP contribution in [0.3, 0.4) is 0 Å². The third-order valence-corrected chi connectivity index (χ3v) is 3.95. The van der Waals surface area contributed by atoms with Gasteiger partial charge in [0.1, 0.15) is 12.3 Å². The highest BCUT2D eigenvalue weighted by atomic mass is 16.6. The molecule has 3 rings (SSSR count). The van der Waals surface area contributed by atoms with Crippen molar-refractivity contribution in [3.63, 3.8) is 0 Å². The van der Waals surface area contributed by atoms with Crippen LogP contribution in [-0.4, -0.2) is 41.9 Å². The van der Waals surface area contributed by atoms with Crippen LogP contribution in [0.1, 0.15) is 36.0 Å². The predicted octanol–water partition coefficient (Wildman–Crippen LogP) is 2.32. The smallest absolute Gasteiger partial charge is 0.320 e. The first-order valence-corrected chi connectivity index (χ1v) is 9.40. The molecular weight excluding hydrogens is 402 g/mol. The summed E-state index contributed by atoms with van der Waals surface area (Å²) in [4.78, 5) is 40.5. The molecule has 0 bridgehead atoms. The number of esters is 2. The van der Waals surface area contributed by atoms with Crippen molar-refractivity contribution in [3.05, 3.63) is 60.2 Å². The Morgan fingerprint density at radius 3 is 1.90 bits per heavy atom. The van der Waals surface area contributed by atoms with Crippen LogP contribution in [0.5, 0.6) is 0 Å². The molecule has 1 heterocycles. The van der Waals surface area contributed by atoms with Gasteiger partial charge in [-0.2, -0.15) is 0 Å². The molecule has 2 aromatic carbocycles. The lowest BCUT2D eigenvalue weighted by molar-refractivity contribution is -0.152. The van der Waals surface area contributed by atoms with Gasteiger partial charge in [0.2, 0.25) is 0 Å². The van der Waals surface area contributed by atoms with Crippen LogP contribution in [-0.2, 0) is 19.1 Å². The molecule has 168 valence electrons. The molecule has 1 saturated heterocycles. The van der Waals surface area contributed by atoms with Crippen molar-refractivity contribution < 1.29 is 29.0 Å². The Hall–Kier alpha value is -3.40. The molecule has 1 atom stereocenters. The van der Waals surface area contributed by atoms with Crippen molar-refractivity contribution in [3.8, 4) is 11.1 Å². The van der Waals surface area contributed by atoms with Crippen molar-refractivity contribution in [2.45, 2.75) is 31.7 Å². The van der Waals surface area contributed by atoms with Gasteiger partial charge in [-0.15, -0.1) is 0 Å². The number of aldehydes is 1. The molecule has 0 saturated carbocycles. The lowest BCUT2D eigenvalue weighted by atomic mass is 10.0. The molecule has 9 heteroatoms. The third-order valence-electron chi connectivity index (χ3n) is 3.95. The summed E-state index contributed by atoms with van der Waals surface area (Å²) < 4.78 is 4.08. The molecule has 0 spiro atoms. The Balaban J connectivity index is 0.000000461. The number of aliphatic carboxylic acids is 1. The number of nitrogens with two attached hydrogens (primary N) is 2. The van der Waals surface area contributed by atoms with E-state index in [2.05, 4.69) is 16.9 Å². The normalized spacial score (nSPS) is 12.7. The average molecular weight is 431 g/mol. The van der Waals surface area contributed by atoms with Crippen molar-refractivity contribution in [2.24, 2.45) is 11.5 Å². The van der Waals surface area contributed by atoms with E-state index in [1.165, 1.54) is 5.56 Å². The predicted molar refractivity (Wildman–Crippen MR) is 117 cm³/mol. The molecule has 0 aliphatic carbocycles. The second-order valence-corrected chi connectivity index (χ2v) is 6.33. The monoisotopic (exact) mass is 431 g/mol. The number of cyclic esters (lactones) is 2. The van der Waals surface area contributed by atoms with E-state index in [0.717, 1.165) is 11.8 Å². The maximum atomic E-state index is 10.5. The summed E-state index contributed by atoms with van der Waals surface area (Å²) in [5, 5.41) is 8.24. The van der Waals surface area contributed by atoms with Crippen LogP contribution in [0, 0.1) is 0 Å². The first-order valence-electron chi connectivity index (χ1n) is 9.40. The second kappa shape index (κ2) is 15.4. The van der Waals surface area contributed by atoms with E-state index in [0.29, 0.717) is 24.9 Å². The van der Waals surface area contributed by atoms with Gasteiger partial charge in [0.15, 0.2) is 0 Å². The van der Waals surface area contributed by atoms with Crippen LogP contribution in [0.25, 0.3) is 11.1 Å². The summed E-state index contributed by atoms with van der Waals surface area (Å²) in [5.74, 6) is -1.75. The van der Waals surface area contributed by atoms with Gasteiger partial charge >= 0.3 is 17.9 Å². The van der Waals surface area contributed by atoms with Gasteiger partial charge in [0, 0.05) is 5.56 Å². The van der Waals surface area contributed by atoms with Crippen molar-refractivity contribution >= 4 is 24.2 Å². The van der Waals surface area contributed by atoms with Crippen molar-refractivity contribution in [1.29, 1.82) is 0 Å². The van der Waals surface area contributed by atoms with Crippen LogP contribution in [0.4, 0.5) is 0 Å². The van der Waals surface area contributed by atoms with E-state index in [-0.39, 0.29) is 19.0 Å². The number of hydrogen-bond donors (Lipinski definition) is 4. The number of carboxylic acid groups (broad SMARTS) is 1. The Morgan fingerprint density at radius 2 is 1.52 bits per heavy atom. The van der Waals surface area contributed by atoms with Gasteiger partial charge in [0.25, 0.3) is 0 Å². The molecule has 8 N–H and O–H groups in total.